The fourth-order valence-electron chi connectivity index (χ4n) is 8.90. The normalized spacial score (nSPS) is 19.2. The number of likely N-dealkylation sites (tertiary alicyclic amines) is 3. The lowest BCUT2D eigenvalue weighted by molar-refractivity contribution is -0.145. The topological polar surface area (TPSA) is 158 Å². The maximum Gasteiger partial charge on any atom is 0.410 e. The van der Waals surface area contributed by atoms with E-state index in [9.17, 15) is 24.0 Å². The number of aryl methyl sites for hydroxylation is 1. The van der Waals surface area contributed by atoms with Crippen LogP contribution >= 0.6 is 11.6 Å². The Labute approximate surface area is 353 Å². The Kier molecular flexibility index (Phi) is 15.4. The number of ether oxygens (including phenoxy) is 2. The Morgan fingerprint density at radius 3 is 2.44 bits per heavy atom. The second-order valence-corrected chi connectivity index (χ2v) is 17.2. The number of nitrogens with zero attached hydrogens (tertiary/aromatic N) is 5. The molecule has 3 N–H and O–H groups in total. The second kappa shape index (κ2) is 20.6. The van der Waals surface area contributed by atoms with Crippen LogP contribution in [0.1, 0.15) is 75.0 Å². The van der Waals surface area contributed by atoms with Gasteiger partial charge in [-0.25, -0.2) is 9.59 Å². The van der Waals surface area contributed by atoms with Crippen molar-refractivity contribution in [2.75, 3.05) is 83.6 Å². The summed E-state index contributed by atoms with van der Waals surface area (Å²) >= 11 is 6.43. The first kappa shape index (κ1) is 44.0. The predicted molar refractivity (Wildman–Crippen MR) is 227 cm³/mol. The van der Waals surface area contributed by atoms with E-state index in [1.54, 1.807) is 27.8 Å². The van der Waals surface area contributed by atoms with E-state index in [0.717, 1.165) is 74.1 Å². The van der Waals surface area contributed by atoms with Crippen LogP contribution in [0, 0.1) is 18.8 Å². The Morgan fingerprint density at radius 2 is 1.73 bits per heavy atom. The van der Waals surface area contributed by atoms with E-state index in [1.807, 2.05) is 42.2 Å². The van der Waals surface area contributed by atoms with E-state index in [0.29, 0.717) is 87.5 Å². The molecule has 6 rings (SSSR count). The van der Waals surface area contributed by atoms with E-state index in [2.05, 4.69) is 17.1 Å². The van der Waals surface area contributed by atoms with Crippen molar-refractivity contribution >= 4 is 52.9 Å². The van der Waals surface area contributed by atoms with Crippen LogP contribution in [-0.4, -0.2) is 139 Å². The highest BCUT2D eigenvalue weighted by Crippen LogP contribution is 2.29. The number of halogens is 1. The van der Waals surface area contributed by atoms with E-state index in [4.69, 9.17) is 26.8 Å². The zero-order chi connectivity index (χ0) is 42.1. The van der Waals surface area contributed by atoms with Gasteiger partial charge in [0, 0.05) is 70.9 Å². The van der Waals surface area contributed by atoms with Crippen LogP contribution < -0.4 is 11.1 Å². The van der Waals surface area contributed by atoms with Crippen LogP contribution in [0.15, 0.2) is 36.4 Å². The van der Waals surface area contributed by atoms with Gasteiger partial charge in [-0.3, -0.25) is 14.4 Å². The van der Waals surface area contributed by atoms with Crippen molar-refractivity contribution in [2.24, 2.45) is 11.8 Å². The first-order valence-electron chi connectivity index (χ1n) is 21.4. The second-order valence-electron chi connectivity index (χ2n) is 16.8. The zero-order valence-electron chi connectivity index (χ0n) is 35.0. The average Bonchev–Trinajstić information content (AvgIpc) is 3.56. The number of nitrogens with one attached hydrogen (secondary N) is 1. The van der Waals surface area contributed by atoms with Gasteiger partial charge in [-0.1, -0.05) is 42.8 Å². The highest BCUT2D eigenvalue weighted by molar-refractivity contribution is 6.33. The van der Waals surface area contributed by atoms with Gasteiger partial charge < -0.3 is 45.0 Å². The molecule has 3 saturated heterocycles. The maximum absolute atomic E-state index is 14.1. The van der Waals surface area contributed by atoms with Gasteiger partial charge in [-0.15, -0.1) is 0 Å². The summed E-state index contributed by atoms with van der Waals surface area (Å²) in [5.74, 6) is 0.488. The summed E-state index contributed by atoms with van der Waals surface area (Å²) in [5, 5.41) is 3.43. The lowest BCUT2D eigenvalue weighted by Crippen LogP contribution is -2.51. The number of fused-ring (bicyclic) bond motifs is 1. The molecule has 0 spiro atoms. The molecule has 2 aromatic carbocycles. The number of urea groups is 1. The number of hydrogen-bond donors (Lipinski definition) is 2. The maximum atomic E-state index is 14.1. The van der Waals surface area contributed by atoms with E-state index in [-0.39, 0.29) is 42.9 Å². The molecule has 4 aliphatic heterocycles. The molecule has 0 radical (unpaired) electrons. The third kappa shape index (κ3) is 11.8. The molecule has 4 aliphatic rings. The van der Waals surface area contributed by atoms with Crippen LogP contribution in [0.3, 0.4) is 0 Å². The van der Waals surface area contributed by atoms with Gasteiger partial charge in [0.15, 0.2) is 6.10 Å². The van der Waals surface area contributed by atoms with Gasteiger partial charge in [0.05, 0.1) is 23.7 Å². The number of rotatable bonds is 15. The molecule has 14 nitrogen and oxygen atoms in total. The Balaban J connectivity index is 0.966. The number of hydrogen-bond acceptors (Lipinski definition) is 9. The monoisotopic (exact) mass is 835 g/mol. The number of esters is 1. The first-order chi connectivity index (χ1) is 28.4. The summed E-state index contributed by atoms with van der Waals surface area (Å²) in [6, 6.07) is 11.3. The van der Waals surface area contributed by atoms with Gasteiger partial charge in [-0.05, 0) is 106 Å². The number of anilines is 2. The summed E-state index contributed by atoms with van der Waals surface area (Å²) < 4.78 is 11.4. The van der Waals surface area contributed by atoms with Crippen LogP contribution in [0.2, 0.25) is 5.02 Å². The summed E-state index contributed by atoms with van der Waals surface area (Å²) in [7, 11) is 1.76. The molecule has 59 heavy (non-hydrogen) atoms. The van der Waals surface area contributed by atoms with Crippen molar-refractivity contribution in [3.63, 3.8) is 0 Å². The molecule has 2 atom stereocenters. The molecule has 15 heteroatoms. The molecule has 2 aromatic rings. The number of para-hydroxylation sites is 1. The van der Waals surface area contributed by atoms with Crippen molar-refractivity contribution < 1.29 is 33.4 Å². The number of carbonyl (C=O) groups is 5. The number of piperidine rings is 2. The van der Waals surface area contributed by atoms with Crippen LogP contribution in [0.4, 0.5) is 21.0 Å². The number of carbonyl (C=O) groups excluding carboxylic acids is 5. The lowest BCUT2D eigenvalue weighted by Gasteiger charge is -2.38. The quantitative estimate of drug-likeness (QED) is 0.173. The molecule has 322 valence electrons. The van der Waals surface area contributed by atoms with Crippen molar-refractivity contribution in [1.82, 2.24) is 24.5 Å². The summed E-state index contributed by atoms with van der Waals surface area (Å²) in [6.07, 6.45) is 5.12. The van der Waals surface area contributed by atoms with Gasteiger partial charge >= 0.3 is 18.1 Å². The van der Waals surface area contributed by atoms with Crippen molar-refractivity contribution in [3.05, 3.63) is 58.1 Å². The summed E-state index contributed by atoms with van der Waals surface area (Å²) in [5.41, 5.74) is 10.1. The molecule has 0 aliphatic carbocycles. The average molecular weight is 836 g/mol. The van der Waals surface area contributed by atoms with Gasteiger partial charge in [0.2, 0.25) is 5.91 Å². The highest BCUT2D eigenvalue weighted by atomic mass is 35.5. The minimum Gasteiger partial charge on any atom is -0.464 e. The Hall–Kier alpha value is -4.56. The van der Waals surface area contributed by atoms with Crippen molar-refractivity contribution in [1.29, 1.82) is 0 Å². The predicted octanol–water partition coefficient (Wildman–Crippen LogP) is 5.59. The van der Waals surface area contributed by atoms with Gasteiger partial charge in [-0.2, -0.15) is 0 Å². The number of benzene rings is 2. The zero-order valence-corrected chi connectivity index (χ0v) is 35.7. The summed E-state index contributed by atoms with van der Waals surface area (Å²) in [4.78, 5) is 74.3. The standard InChI is InChI=1S/C44H62ClN7O7/c1-30(33-11-19-49(20-12-33)21-16-40(54)58-26-25-50-17-6-9-39(50)53)10-18-48(3)42(55)38(29-32-27-31(2)41(46)36(45)28-32)59-44(57)51-22-14-35(15-23-51)52-24-13-34-7-4-5-8-37(34)47-43(52)56/h4-5,7-8,27-28,30,33,35,38H,6,9-26,29,46H2,1-3H3,(H,47,56)/t30?,38-/m1/s1. The Bertz CT molecular complexity index is 1790. The number of nitrogen functional groups attached to an aromatic ring is 1. The molecule has 3 fully saturated rings. The fraction of sp³-hybridized carbons (Fsp3) is 0.614. The lowest BCUT2D eigenvalue weighted by atomic mass is 9.83. The van der Waals surface area contributed by atoms with E-state index >= 15 is 0 Å². The molecule has 0 aromatic heterocycles. The molecule has 4 heterocycles. The molecule has 5 amide bonds. The molecular weight excluding hydrogens is 774 g/mol. The molecule has 0 bridgehead atoms. The minimum absolute atomic E-state index is 0.0147. The number of nitrogens with two attached hydrogens (primary N) is 1. The number of amides is 5. The van der Waals surface area contributed by atoms with Crippen molar-refractivity contribution in [3.8, 4) is 0 Å². The van der Waals surface area contributed by atoms with Crippen LogP contribution in [0.25, 0.3) is 0 Å². The summed E-state index contributed by atoms with van der Waals surface area (Å²) in [6.45, 7) is 9.93. The van der Waals surface area contributed by atoms with E-state index in [1.165, 1.54) is 0 Å². The molecule has 1 unspecified atom stereocenters. The van der Waals surface area contributed by atoms with Gasteiger partial charge in [0.25, 0.3) is 5.91 Å². The van der Waals surface area contributed by atoms with E-state index < -0.39 is 12.2 Å². The SMILES string of the molecule is Cc1cc(C[C@@H](OC(=O)N2CCC(N3CCc4ccccc4NC3=O)CC2)C(=O)N(C)CCC(C)C2CCN(CCC(=O)OCCN3CCCC3=O)CC2)cc(Cl)c1N. The molecular formula is C44H62ClN7O7. The third-order valence-electron chi connectivity index (χ3n) is 12.8. The molecule has 0 saturated carbocycles. The third-order valence-corrected chi connectivity index (χ3v) is 13.1. The van der Waals surface area contributed by atoms with Crippen LogP contribution in [-0.2, 0) is 36.7 Å². The smallest absolute Gasteiger partial charge is 0.410 e. The largest absolute Gasteiger partial charge is 0.464 e. The van der Waals surface area contributed by atoms with Crippen LogP contribution in [0.5, 0.6) is 0 Å². The minimum atomic E-state index is -1.06. The number of likely N-dealkylation sites (N-methyl/N-ethyl adjacent to an activating group) is 1. The first-order valence-corrected chi connectivity index (χ1v) is 21.8. The van der Waals surface area contributed by atoms with Crippen molar-refractivity contribution in [2.45, 2.75) is 90.2 Å². The highest BCUT2D eigenvalue weighted by Gasteiger charge is 2.35. The fourth-order valence-corrected chi connectivity index (χ4v) is 9.19. The van der Waals surface area contributed by atoms with Gasteiger partial charge in [0.1, 0.15) is 6.61 Å². The Morgan fingerprint density at radius 1 is 0.983 bits per heavy atom.